The van der Waals surface area contributed by atoms with Crippen LogP contribution < -0.4 is 10.2 Å². The van der Waals surface area contributed by atoms with E-state index in [0.717, 1.165) is 13.1 Å². The quantitative estimate of drug-likeness (QED) is 0.648. The third kappa shape index (κ3) is 4.26. The van der Waals surface area contributed by atoms with E-state index in [2.05, 4.69) is 22.8 Å². The standard InChI is InChI=1S/C22H25N3O3S/c26-20(23-15-18(19-9-6-14-29-19)24-11-3-4-12-24)10-5-13-25-21(27)16-7-1-2-8-17(16)22(25)28/h1-2,6-9,14,18H,3-5,10-13,15H2,(H,23,26)/p+1/t18-/m0/s1. The molecule has 0 aliphatic carbocycles. The van der Waals surface area contributed by atoms with Crippen molar-refractivity contribution in [3.63, 3.8) is 0 Å². The van der Waals surface area contributed by atoms with E-state index in [0.29, 0.717) is 36.6 Å². The molecule has 152 valence electrons. The van der Waals surface area contributed by atoms with Gasteiger partial charge < -0.3 is 10.2 Å². The third-order valence-electron chi connectivity index (χ3n) is 5.79. The van der Waals surface area contributed by atoms with E-state index in [1.54, 1.807) is 40.5 Å². The molecule has 3 amide bonds. The lowest BCUT2D eigenvalue weighted by atomic mass is 10.1. The fourth-order valence-electron chi connectivity index (χ4n) is 4.26. The summed E-state index contributed by atoms with van der Waals surface area (Å²) in [5, 5.41) is 5.16. The van der Waals surface area contributed by atoms with E-state index in [1.165, 1.54) is 22.6 Å². The number of quaternary nitrogens is 1. The van der Waals surface area contributed by atoms with Crippen molar-refractivity contribution in [2.24, 2.45) is 0 Å². The lowest BCUT2D eigenvalue weighted by Crippen LogP contribution is -3.11. The highest BCUT2D eigenvalue weighted by molar-refractivity contribution is 7.10. The molecule has 0 saturated carbocycles. The molecule has 2 aliphatic heterocycles. The van der Waals surface area contributed by atoms with E-state index in [4.69, 9.17) is 0 Å². The number of benzene rings is 1. The molecule has 7 heteroatoms. The van der Waals surface area contributed by atoms with Crippen molar-refractivity contribution in [2.75, 3.05) is 26.2 Å². The summed E-state index contributed by atoms with van der Waals surface area (Å²) in [4.78, 5) is 41.2. The highest BCUT2D eigenvalue weighted by Crippen LogP contribution is 2.22. The maximum absolute atomic E-state index is 12.4. The zero-order valence-electron chi connectivity index (χ0n) is 16.4. The van der Waals surface area contributed by atoms with Crippen molar-refractivity contribution >= 4 is 29.1 Å². The summed E-state index contributed by atoms with van der Waals surface area (Å²) in [5.74, 6) is -0.551. The first-order chi connectivity index (χ1) is 14.1. The van der Waals surface area contributed by atoms with Gasteiger partial charge in [0.2, 0.25) is 5.91 Å². The minimum Gasteiger partial charge on any atom is -0.350 e. The van der Waals surface area contributed by atoms with E-state index in [9.17, 15) is 14.4 Å². The number of hydrogen-bond acceptors (Lipinski definition) is 4. The van der Waals surface area contributed by atoms with Crippen molar-refractivity contribution in [2.45, 2.75) is 31.7 Å². The summed E-state index contributed by atoms with van der Waals surface area (Å²) in [6, 6.07) is 11.4. The second kappa shape index (κ2) is 8.88. The second-order valence-corrected chi connectivity index (χ2v) is 8.63. The van der Waals surface area contributed by atoms with Crippen molar-refractivity contribution < 1.29 is 19.3 Å². The Labute approximate surface area is 174 Å². The average Bonchev–Trinajstić information content (AvgIpc) is 3.48. The first-order valence-corrected chi connectivity index (χ1v) is 11.1. The summed E-state index contributed by atoms with van der Waals surface area (Å²) >= 11 is 1.74. The molecule has 0 radical (unpaired) electrons. The van der Waals surface area contributed by atoms with Crippen LogP contribution in [0.25, 0.3) is 0 Å². The zero-order valence-corrected chi connectivity index (χ0v) is 17.2. The fourth-order valence-corrected chi connectivity index (χ4v) is 5.14. The molecule has 2 N–H and O–H groups in total. The molecule has 1 aromatic heterocycles. The highest BCUT2D eigenvalue weighted by Gasteiger charge is 2.34. The van der Waals surface area contributed by atoms with Gasteiger partial charge in [-0.25, -0.2) is 0 Å². The van der Waals surface area contributed by atoms with Crippen LogP contribution in [0.4, 0.5) is 0 Å². The summed E-state index contributed by atoms with van der Waals surface area (Å²) in [5.41, 5.74) is 0.906. The predicted octanol–water partition coefficient (Wildman–Crippen LogP) is 1.66. The molecule has 29 heavy (non-hydrogen) atoms. The Kier molecular flexibility index (Phi) is 6.06. The second-order valence-electron chi connectivity index (χ2n) is 7.65. The number of nitrogens with one attached hydrogen (secondary N) is 2. The normalized spacial score (nSPS) is 17.6. The predicted molar refractivity (Wildman–Crippen MR) is 111 cm³/mol. The number of hydrogen-bond donors (Lipinski definition) is 2. The highest BCUT2D eigenvalue weighted by atomic mass is 32.1. The molecule has 2 aromatic rings. The minimum absolute atomic E-state index is 0.0261. The largest absolute Gasteiger partial charge is 0.350 e. The van der Waals surface area contributed by atoms with Crippen LogP contribution >= 0.6 is 11.3 Å². The van der Waals surface area contributed by atoms with Gasteiger partial charge in [-0.05, 0) is 30.0 Å². The van der Waals surface area contributed by atoms with Gasteiger partial charge in [0.1, 0.15) is 6.04 Å². The molecule has 1 saturated heterocycles. The Morgan fingerprint density at radius 2 is 1.76 bits per heavy atom. The van der Waals surface area contributed by atoms with Crippen molar-refractivity contribution in [3.8, 4) is 0 Å². The molecule has 1 fully saturated rings. The number of nitrogens with zero attached hydrogens (tertiary/aromatic N) is 1. The maximum atomic E-state index is 12.4. The van der Waals surface area contributed by atoms with Gasteiger partial charge in [-0.15, -0.1) is 11.3 Å². The SMILES string of the molecule is O=C(CCCN1C(=O)c2ccccc2C1=O)NC[C@@H](c1cccs1)[NH+]1CCCC1. The lowest BCUT2D eigenvalue weighted by molar-refractivity contribution is -0.918. The van der Waals surface area contributed by atoms with Crippen molar-refractivity contribution in [3.05, 3.63) is 57.8 Å². The molecular formula is C22H26N3O3S+. The number of imide groups is 1. The van der Waals surface area contributed by atoms with Crippen LogP contribution in [0.15, 0.2) is 41.8 Å². The van der Waals surface area contributed by atoms with Crippen LogP contribution in [0.5, 0.6) is 0 Å². The number of carbonyl (C=O) groups is 3. The van der Waals surface area contributed by atoms with E-state index in [1.807, 2.05) is 0 Å². The van der Waals surface area contributed by atoms with Gasteiger partial charge in [0, 0.05) is 25.8 Å². The summed E-state index contributed by atoms with van der Waals surface area (Å²) in [7, 11) is 0. The Hall–Kier alpha value is -2.51. The molecule has 6 nitrogen and oxygen atoms in total. The van der Waals surface area contributed by atoms with Crippen LogP contribution in [-0.2, 0) is 4.79 Å². The monoisotopic (exact) mass is 412 g/mol. The van der Waals surface area contributed by atoms with Crippen LogP contribution in [0, 0.1) is 0 Å². The summed E-state index contributed by atoms with van der Waals surface area (Å²) in [6.45, 7) is 3.20. The molecule has 2 aliphatic rings. The first-order valence-electron chi connectivity index (χ1n) is 10.2. The molecule has 1 aromatic carbocycles. The van der Waals surface area contributed by atoms with E-state index < -0.39 is 0 Å². The van der Waals surface area contributed by atoms with Crippen LogP contribution in [0.1, 0.15) is 57.3 Å². The van der Waals surface area contributed by atoms with Crippen LogP contribution in [-0.4, -0.2) is 48.8 Å². The average molecular weight is 413 g/mol. The number of thiophene rings is 1. The minimum atomic E-state index is -0.263. The van der Waals surface area contributed by atoms with E-state index in [-0.39, 0.29) is 24.3 Å². The smallest absolute Gasteiger partial charge is 0.261 e. The Balaban J connectivity index is 1.26. The Morgan fingerprint density at radius 3 is 2.38 bits per heavy atom. The number of fused-ring (bicyclic) bond motifs is 1. The van der Waals surface area contributed by atoms with E-state index >= 15 is 0 Å². The Bertz CT molecular complexity index is 855. The zero-order chi connectivity index (χ0) is 20.2. The van der Waals surface area contributed by atoms with Gasteiger partial charge in [-0.2, -0.15) is 0 Å². The van der Waals surface area contributed by atoms with Crippen molar-refractivity contribution in [1.82, 2.24) is 10.2 Å². The maximum Gasteiger partial charge on any atom is 0.261 e. The van der Waals surface area contributed by atoms with Crippen LogP contribution in [0.2, 0.25) is 0 Å². The lowest BCUT2D eigenvalue weighted by Gasteiger charge is -2.24. The first kappa shape index (κ1) is 19.8. The van der Waals surface area contributed by atoms with Gasteiger partial charge in [0.25, 0.3) is 11.8 Å². The van der Waals surface area contributed by atoms with Crippen LogP contribution in [0.3, 0.4) is 0 Å². The molecule has 1 atom stereocenters. The third-order valence-corrected chi connectivity index (χ3v) is 6.78. The summed E-state index contributed by atoms with van der Waals surface area (Å²) < 4.78 is 0. The Morgan fingerprint density at radius 1 is 1.07 bits per heavy atom. The molecule has 0 bridgehead atoms. The van der Waals surface area contributed by atoms with Gasteiger partial charge in [0.15, 0.2) is 0 Å². The fraction of sp³-hybridized carbons (Fsp3) is 0.409. The number of amides is 3. The van der Waals surface area contributed by atoms with Gasteiger partial charge >= 0.3 is 0 Å². The molecule has 0 spiro atoms. The topological polar surface area (TPSA) is 70.9 Å². The number of carbonyl (C=O) groups excluding carboxylic acids is 3. The van der Waals surface area contributed by atoms with Gasteiger partial charge in [-0.1, -0.05) is 18.2 Å². The molecule has 0 unspecified atom stereocenters. The molecular weight excluding hydrogens is 386 g/mol. The molecule has 3 heterocycles. The summed E-state index contributed by atoms with van der Waals surface area (Å²) in [6.07, 6.45) is 3.26. The molecule has 4 rings (SSSR count). The van der Waals surface area contributed by atoms with Gasteiger partial charge in [0.05, 0.1) is 35.6 Å². The van der Waals surface area contributed by atoms with Crippen molar-refractivity contribution in [1.29, 1.82) is 0 Å². The van der Waals surface area contributed by atoms with Gasteiger partial charge in [-0.3, -0.25) is 19.3 Å². The number of rotatable bonds is 8. The number of likely N-dealkylation sites (tertiary alicyclic amines) is 1.